The van der Waals surface area contributed by atoms with E-state index < -0.39 is 26.8 Å². The van der Waals surface area contributed by atoms with Crippen LogP contribution in [0.5, 0.6) is 0 Å². The monoisotopic (exact) mass is 506 g/mol. The van der Waals surface area contributed by atoms with Crippen molar-refractivity contribution in [2.75, 3.05) is 13.2 Å². The molecule has 1 aliphatic rings. The molecule has 3 aromatic carbocycles. The molecule has 1 fully saturated rings. The summed E-state index contributed by atoms with van der Waals surface area (Å²) in [5, 5.41) is 23.5. The molecule has 36 heavy (non-hydrogen) atoms. The van der Waals surface area contributed by atoms with E-state index in [-0.39, 0.29) is 11.1 Å². The van der Waals surface area contributed by atoms with Crippen LogP contribution in [0.3, 0.4) is 0 Å². The smallest absolute Gasteiger partial charge is 0.261 e. The summed E-state index contributed by atoms with van der Waals surface area (Å²) in [6.45, 7) is 6.83. The lowest BCUT2D eigenvalue weighted by molar-refractivity contribution is -0.324. The fourth-order valence-corrected chi connectivity index (χ4v) is 9.80. The number of ether oxygens (including phenoxy) is 2. The zero-order valence-electron chi connectivity index (χ0n) is 21.5. The van der Waals surface area contributed by atoms with Gasteiger partial charge in [0.2, 0.25) is 5.79 Å². The maximum absolute atomic E-state index is 11.2. The largest absolute Gasteiger partial charge is 0.405 e. The minimum Gasteiger partial charge on any atom is -0.405 e. The van der Waals surface area contributed by atoms with E-state index in [9.17, 15) is 10.2 Å². The predicted molar refractivity (Wildman–Crippen MR) is 145 cm³/mol. The van der Waals surface area contributed by atoms with Crippen molar-refractivity contribution < 1.29 is 24.1 Å². The van der Waals surface area contributed by atoms with Gasteiger partial charge < -0.3 is 24.1 Å². The van der Waals surface area contributed by atoms with Gasteiger partial charge in [-0.05, 0) is 33.8 Å². The maximum Gasteiger partial charge on any atom is 0.261 e. The minimum absolute atomic E-state index is 0.154. The molecule has 4 rings (SSSR count). The first-order valence-corrected chi connectivity index (χ1v) is 14.6. The van der Waals surface area contributed by atoms with Crippen LogP contribution in [0.4, 0.5) is 0 Å². The Morgan fingerprint density at radius 2 is 1.39 bits per heavy atom. The first kappa shape index (κ1) is 26.7. The van der Waals surface area contributed by atoms with Gasteiger partial charge in [-0.1, -0.05) is 112 Å². The molecule has 1 aliphatic heterocycles. The highest BCUT2D eigenvalue weighted by molar-refractivity contribution is 6.99. The van der Waals surface area contributed by atoms with Crippen LogP contribution in [0.1, 0.15) is 39.2 Å². The Bertz CT molecular complexity index is 1030. The first-order chi connectivity index (χ1) is 17.3. The summed E-state index contributed by atoms with van der Waals surface area (Å²) in [6, 6.07) is 30.7. The Morgan fingerprint density at radius 1 is 0.861 bits per heavy atom. The van der Waals surface area contributed by atoms with E-state index in [1.165, 1.54) is 10.4 Å². The Morgan fingerprint density at radius 3 is 1.89 bits per heavy atom. The van der Waals surface area contributed by atoms with Crippen molar-refractivity contribution in [3.63, 3.8) is 0 Å². The highest BCUT2D eigenvalue weighted by atomic mass is 28.4. The molecule has 1 heterocycles. The van der Waals surface area contributed by atoms with Crippen LogP contribution in [0.25, 0.3) is 0 Å². The molecule has 6 heteroatoms. The lowest BCUT2D eigenvalue weighted by Crippen LogP contribution is -2.67. The van der Waals surface area contributed by atoms with Crippen LogP contribution in [0, 0.1) is 0 Å². The Kier molecular flexibility index (Phi) is 8.45. The molecule has 0 aromatic heterocycles. The number of aliphatic hydroxyl groups excluding tert-OH is 1. The normalized spacial score (nSPS) is 22.9. The fraction of sp³-hybridized carbons (Fsp3) is 0.400. The molecule has 0 radical (unpaired) electrons. The average Bonchev–Trinajstić information content (AvgIpc) is 2.89. The summed E-state index contributed by atoms with van der Waals surface area (Å²) in [4.78, 5) is 0. The zero-order valence-corrected chi connectivity index (χ0v) is 22.5. The summed E-state index contributed by atoms with van der Waals surface area (Å²) in [7, 11) is -2.72. The van der Waals surface area contributed by atoms with E-state index in [0.717, 1.165) is 5.56 Å². The maximum atomic E-state index is 11.2. The molecule has 1 unspecified atom stereocenters. The molecular formula is C30H38O5Si. The SMILES string of the molecule is CC(C)(C)[Si](OC[C@@H]1CC[C@@H](OCc2ccccc2)C(O)(CO)O1)(c1ccccc1)c1ccccc1. The van der Waals surface area contributed by atoms with Gasteiger partial charge in [-0.2, -0.15) is 0 Å². The number of rotatable bonds is 9. The van der Waals surface area contributed by atoms with Gasteiger partial charge in [0, 0.05) is 0 Å². The Balaban J connectivity index is 1.53. The van der Waals surface area contributed by atoms with Gasteiger partial charge in [0.05, 0.1) is 25.9 Å². The Hall–Kier alpha value is -2.32. The third kappa shape index (κ3) is 5.64. The molecule has 0 amide bonds. The van der Waals surface area contributed by atoms with Crippen LogP contribution in [0.15, 0.2) is 91.0 Å². The summed E-state index contributed by atoms with van der Waals surface area (Å²) >= 11 is 0. The van der Waals surface area contributed by atoms with Gasteiger partial charge in [-0.15, -0.1) is 0 Å². The van der Waals surface area contributed by atoms with Crippen molar-refractivity contribution >= 4 is 18.7 Å². The molecule has 192 valence electrons. The third-order valence-electron chi connectivity index (χ3n) is 7.05. The molecule has 3 atom stereocenters. The van der Waals surface area contributed by atoms with E-state index in [4.69, 9.17) is 13.9 Å². The molecule has 0 aliphatic carbocycles. The van der Waals surface area contributed by atoms with Crippen molar-refractivity contribution in [2.45, 2.75) is 63.3 Å². The van der Waals surface area contributed by atoms with Gasteiger partial charge >= 0.3 is 0 Å². The summed E-state index contributed by atoms with van der Waals surface area (Å²) in [5.74, 6) is -1.77. The second-order valence-corrected chi connectivity index (χ2v) is 14.9. The van der Waals surface area contributed by atoms with E-state index in [1.807, 2.05) is 42.5 Å². The van der Waals surface area contributed by atoms with Crippen molar-refractivity contribution in [1.29, 1.82) is 0 Å². The van der Waals surface area contributed by atoms with E-state index in [1.54, 1.807) is 0 Å². The van der Waals surface area contributed by atoms with Crippen LogP contribution >= 0.6 is 0 Å². The second kappa shape index (κ2) is 11.4. The summed E-state index contributed by atoms with van der Waals surface area (Å²) in [6.07, 6.45) is 0.255. The minimum atomic E-state index is -2.72. The molecule has 1 saturated heterocycles. The van der Waals surface area contributed by atoms with Gasteiger partial charge in [0.1, 0.15) is 6.10 Å². The van der Waals surface area contributed by atoms with Gasteiger partial charge in [-0.25, -0.2) is 0 Å². The number of aliphatic hydroxyl groups is 2. The molecule has 0 spiro atoms. The van der Waals surface area contributed by atoms with E-state index in [2.05, 4.69) is 69.3 Å². The van der Waals surface area contributed by atoms with Crippen LogP contribution in [-0.4, -0.2) is 49.7 Å². The van der Waals surface area contributed by atoms with Gasteiger partial charge in [0.25, 0.3) is 8.32 Å². The quantitative estimate of drug-likeness (QED) is 0.429. The van der Waals surface area contributed by atoms with E-state index in [0.29, 0.717) is 26.1 Å². The third-order valence-corrected chi connectivity index (χ3v) is 12.1. The lowest BCUT2D eigenvalue weighted by atomic mass is 9.98. The van der Waals surface area contributed by atoms with Crippen LogP contribution in [-0.2, 0) is 20.5 Å². The molecule has 5 nitrogen and oxygen atoms in total. The van der Waals surface area contributed by atoms with Crippen molar-refractivity contribution in [3.05, 3.63) is 96.6 Å². The fourth-order valence-electron chi connectivity index (χ4n) is 5.21. The van der Waals surface area contributed by atoms with E-state index >= 15 is 0 Å². The van der Waals surface area contributed by atoms with Crippen molar-refractivity contribution in [2.24, 2.45) is 0 Å². The summed E-state index contributed by atoms with van der Waals surface area (Å²) < 4.78 is 19.1. The molecule has 0 bridgehead atoms. The molecule has 0 saturated carbocycles. The predicted octanol–water partition coefficient (Wildman–Crippen LogP) is 4.01. The van der Waals surface area contributed by atoms with Crippen LogP contribution in [0.2, 0.25) is 5.04 Å². The number of benzene rings is 3. The molecular weight excluding hydrogens is 468 g/mol. The molecule has 2 N–H and O–H groups in total. The lowest BCUT2D eigenvalue weighted by Gasteiger charge is -2.46. The number of hydrogen-bond donors (Lipinski definition) is 2. The van der Waals surface area contributed by atoms with Crippen molar-refractivity contribution in [3.8, 4) is 0 Å². The highest BCUT2D eigenvalue weighted by Crippen LogP contribution is 2.38. The molecule has 3 aromatic rings. The Labute approximate surface area is 215 Å². The van der Waals surface area contributed by atoms with Gasteiger partial charge in [-0.3, -0.25) is 0 Å². The standard InChI is InChI=1S/C30H38O5Si/c1-29(2,3)36(26-15-9-5-10-16-26,27-17-11-6-12-18-27)34-22-25-19-20-28(30(32,23-31)35-25)33-21-24-13-7-4-8-14-24/h4-18,25,28,31-32H,19-23H2,1-3H3/t25-,28+,30?/m0/s1. The average molecular weight is 507 g/mol. The zero-order chi connectivity index (χ0) is 25.7. The van der Waals surface area contributed by atoms with Crippen LogP contribution < -0.4 is 10.4 Å². The second-order valence-electron chi connectivity index (χ2n) is 10.6. The number of hydrogen-bond acceptors (Lipinski definition) is 5. The van der Waals surface area contributed by atoms with Gasteiger partial charge in [0.15, 0.2) is 0 Å². The topological polar surface area (TPSA) is 68.2 Å². The summed E-state index contributed by atoms with van der Waals surface area (Å²) in [5.41, 5.74) is 1.01. The highest BCUT2D eigenvalue weighted by Gasteiger charge is 2.51. The van der Waals surface area contributed by atoms with Crippen molar-refractivity contribution in [1.82, 2.24) is 0 Å². The first-order valence-electron chi connectivity index (χ1n) is 12.7.